The topological polar surface area (TPSA) is 41.1 Å². The van der Waals surface area contributed by atoms with E-state index in [4.69, 9.17) is 0 Å². The molecule has 1 aliphatic carbocycles. The average Bonchev–Trinajstić information content (AvgIpc) is 2.25. The normalized spacial score (nSPS) is 23.2. The van der Waals surface area contributed by atoms with Crippen LogP contribution in [-0.4, -0.2) is 25.5 Å². The summed E-state index contributed by atoms with van der Waals surface area (Å²) >= 11 is 0. The van der Waals surface area contributed by atoms with E-state index in [0.717, 1.165) is 38.4 Å². The first kappa shape index (κ1) is 12.9. The van der Waals surface area contributed by atoms with E-state index in [1.165, 1.54) is 19.3 Å². The van der Waals surface area contributed by atoms with Crippen molar-refractivity contribution in [2.24, 2.45) is 17.3 Å². The van der Waals surface area contributed by atoms with E-state index in [2.05, 4.69) is 24.5 Å². The molecule has 0 unspecified atom stereocenters. The van der Waals surface area contributed by atoms with Crippen LogP contribution in [0.2, 0.25) is 0 Å². The van der Waals surface area contributed by atoms with Crippen molar-refractivity contribution in [2.75, 3.05) is 19.6 Å². The van der Waals surface area contributed by atoms with Crippen LogP contribution in [0, 0.1) is 17.3 Å². The van der Waals surface area contributed by atoms with Gasteiger partial charge in [-0.25, -0.2) is 0 Å². The van der Waals surface area contributed by atoms with Gasteiger partial charge in [-0.1, -0.05) is 20.3 Å². The number of amides is 1. The lowest BCUT2D eigenvalue weighted by Gasteiger charge is -2.38. The minimum Gasteiger partial charge on any atom is -0.355 e. The fraction of sp³-hybridized carbons (Fsp3) is 0.929. The Hall–Kier alpha value is -0.570. The zero-order valence-corrected chi connectivity index (χ0v) is 11.2. The Labute approximate surface area is 105 Å². The van der Waals surface area contributed by atoms with Gasteiger partial charge in [0.05, 0.1) is 0 Å². The predicted molar refractivity (Wildman–Crippen MR) is 69.7 cm³/mol. The quantitative estimate of drug-likeness (QED) is 0.786. The molecule has 1 aliphatic heterocycles. The lowest BCUT2D eigenvalue weighted by molar-refractivity contribution is -0.128. The maximum absolute atomic E-state index is 11.8. The third-order valence-corrected chi connectivity index (χ3v) is 4.64. The summed E-state index contributed by atoms with van der Waals surface area (Å²) < 4.78 is 0. The largest absolute Gasteiger partial charge is 0.355 e. The van der Waals surface area contributed by atoms with Gasteiger partial charge >= 0.3 is 0 Å². The number of piperidine rings is 1. The Kier molecular flexibility index (Phi) is 4.08. The monoisotopic (exact) mass is 238 g/mol. The first-order valence-corrected chi connectivity index (χ1v) is 7.08. The van der Waals surface area contributed by atoms with Crippen molar-refractivity contribution in [2.45, 2.75) is 46.0 Å². The summed E-state index contributed by atoms with van der Waals surface area (Å²) in [5.74, 6) is 1.35. The molecule has 3 heteroatoms. The molecule has 0 spiro atoms. The first-order chi connectivity index (χ1) is 8.09. The molecule has 3 nitrogen and oxygen atoms in total. The number of rotatable bonds is 4. The van der Waals surface area contributed by atoms with E-state index in [1.54, 1.807) is 0 Å². The lowest BCUT2D eigenvalue weighted by Crippen LogP contribution is -2.45. The van der Waals surface area contributed by atoms with E-state index in [1.807, 2.05) is 0 Å². The molecule has 1 saturated carbocycles. The number of hydrogen-bond donors (Lipinski definition) is 2. The molecule has 2 fully saturated rings. The highest BCUT2D eigenvalue weighted by Crippen LogP contribution is 2.33. The molecule has 98 valence electrons. The Bertz CT molecular complexity index is 265. The summed E-state index contributed by atoms with van der Waals surface area (Å²) in [4.78, 5) is 11.8. The van der Waals surface area contributed by atoms with Gasteiger partial charge in [0.25, 0.3) is 0 Å². The van der Waals surface area contributed by atoms with Crippen molar-refractivity contribution in [3.63, 3.8) is 0 Å². The standard InChI is InChI=1S/C14H26N2O/c1-14(2,12-6-8-15-9-7-12)10-16-13(17)11-4-3-5-11/h11-12,15H,3-10H2,1-2H3,(H,16,17). The van der Waals surface area contributed by atoms with E-state index >= 15 is 0 Å². The number of hydrogen-bond acceptors (Lipinski definition) is 2. The third kappa shape index (κ3) is 3.21. The molecule has 1 amide bonds. The zero-order valence-electron chi connectivity index (χ0n) is 11.2. The molecule has 0 atom stereocenters. The van der Waals surface area contributed by atoms with Crippen LogP contribution in [0.1, 0.15) is 46.0 Å². The molecule has 1 heterocycles. The highest BCUT2D eigenvalue weighted by atomic mass is 16.1. The molecule has 0 bridgehead atoms. The second-order valence-corrected chi connectivity index (χ2v) is 6.36. The van der Waals surface area contributed by atoms with Crippen molar-refractivity contribution in [1.29, 1.82) is 0 Å². The van der Waals surface area contributed by atoms with Crippen LogP contribution >= 0.6 is 0 Å². The van der Waals surface area contributed by atoms with E-state index in [0.29, 0.717) is 11.8 Å². The van der Waals surface area contributed by atoms with Gasteiger partial charge in [0.2, 0.25) is 5.91 Å². The van der Waals surface area contributed by atoms with Crippen molar-refractivity contribution in [3.05, 3.63) is 0 Å². The van der Waals surface area contributed by atoms with Crippen LogP contribution in [-0.2, 0) is 4.79 Å². The summed E-state index contributed by atoms with van der Waals surface area (Å²) in [6.07, 6.45) is 5.91. The van der Waals surface area contributed by atoms with Crippen molar-refractivity contribution in [1.82, 2.24) is 10.6 Å². The smallest absolute Gasteiger partial charge is 0.223 e. The summed E-state index contributed by atoms with van der Waals surface area (Å²) in [6.45, 7) is 7.69. The van der Waals surface area contributed by atoms with Crippen LogP contribution in [0.15, 0.2) is 0 Å². The average molecular weight is 238 g/mol. The molecule has 1 saturated heterocycles. The van der Waals surface area contributed by atoms with Gasteiger partial charge in [0.15, 0.2) is 0 Å². The van der Waals surface area contributed by atoms with Crippen LogP contribution < -0.4 is 10.6 Å². The fourth-order valence-corrected chi connectivity index (χ4v) is 2.88. The van der Waals surface area contributed by atoms with Gasteiger partial charge in [-0.2, -0.15) is 0 Å². The maximum Gasteiger partial charge on any atom is 0.223 e. The van der Waals surface area contributed by atoms with Gasteiger partial charge in [0.1, 0.15) is 0 Å². The molecule has 2 aliphatic rings. The molecular formula is C14H26N2O. The molecule has 2 N–H and O–H groups in total. The highest BCUT2D eigenvalue weighted by Gasteiger charge is 2.32. The summed E-state index contributed by atoms with van der Waals surface area (Å²) in [7, 11) is 0. The second-order valence-electron chi connectivity index (χ2n) is 6.36. The van der Waals surface area contributed by atoms with Crippen LogP contribution in [0.25, 0.3) is 0 Å². The summed E-state index contributed by atoms with van der Waals surface area (Å²) in [5.41, 5.74) is 0.238. The summed E-state index contributed by atoms with van der Waals surface area (Å²) in [5, 5.41) is 6.56. The lowest BCUT2D eigenvalue weighted by atomic mass is 9.73. The van der Waals surface area contributed by atoms with Crippen LogP contribution in [0.3, 0.4) is 0 Å². The van der Waals surface area contributed by atoms with Gasteiger partial charge in [0, 0.05) is 12.5 Å². The Morgan fingerprint density at radius 2 is 1.88 bits per heavy atom. The highest BCUT2D eigenvalue weighted by molar-refractivity contribution is 5.79. The van der Waals surface area contributed by atoms with Gasteiger partial charge in [-0.05, 0) is 50.1 Å². The Morgan fingerprint density at radius 1 is 1.24 bits per heavy atom. The van der Waals surface area contributed by atoms with Gasteiger partial charge in [-0.15, -0.1) is 0 Å². The molecule has 0 aromatic heterocycles. The maximum atomic E-state index is 11.8. The van der Waals surface area contributed by atoms with Crippen molar-refractivity contribution in [3.8, 4) is 0 Å². The first-order valence-electron chi connectivity index (χ1n) is 7.08. The number of nitrogens with one attached hydrogen (secondary N) is 2. The predicted octanol–water partition coefficient (Wildman–Crippen LogP) is 1.93. The minimum atomic E-state index is 0.238. The molecule has 2 rings (SSSR count). The number of carbonyl (C=O) groups excluding carboxylic acids is 1. The Morgan fingerprint density at radius 3 is 2.41 bits per heavy atom. The molecular weight excluding hydrogens is 212 g/mol. The van der Waals surface area contributed by atoms with Crippen LogP contribution in [0.4, 0.5) is 0 Å². The molecule has 0 radical (unpaired) electrons. The van der Waals surface area contributed by atoms with E-state index in [-0.39, 0.29) is 5.41 Å². The van der Waals surface area contributed by atoms with E-state index < -0.39 is 0 Å². The number of carbonyl (C=O) groups is 1. The third-order valence-electron chi connectivity index (χ3n) is 4.64. The van der Waals surface area contributed by atoms with Crippen molar-refractivity contribution < 1.29 is 4.79 Å². The van der Waals surface area contributed by atoms with Gasteiger partial charge < -0.3 is 10.6 Å². The van der Waals surface area contributed by atoms with E-state index in [9.17, 15) is 4.79 Å². The van der Waals surface area contributed by atoms with Crippen molar-refractivity contribution >= 4 is 5.91 Å². The SMILES string of the molecule is CC(C)(CNC(=O)C1CCC1)C1CCNCC1. The van der Waals surface area contributed by atoms with Crippen LogP contribution in [0.5, 0.6) is 0 Å². The fourth-order valence-electron chi connectivity index (χ4n) is 2.88. The van der Waals surface area contributed by atoms with Gasteiger partial charge in [-0.3, -0.25) is 4.79 Å². The molecule has 0 aromatic rings. The molecule has 17 heavy (non-hydrogen) atoms. The summed E-state index contributed by atoms with van der Waals surface area (Å²) in [6, 6.07) is 0. The Balaban J connectivity index is 1.77. The minimum absolute atomic E-state index is 0.238. The zero-order chi connectivity index (χ0) is 12.3. The second kappa shape index (κ2) is 5.38. The molecule has 0 aromatic carbocycles.